The molecule has 1 aromatic carbocycles. The number of nitrogens with zero attached hydrogens (tertiary/aromatic N) is 2. The molecule has 1 aromatic rings. The molecule has 0 saturated heterocycles. The van der Waals surface area contributed by atoms with E-state index in [9.17, 15) is 13.6 Å². The van der Waals surface area contributed by atoms with Crippen molar-refractivity contribution in [3.63, 3.8) is 0 Å². The maximum atomic E-state index is 13.9. The van der Waals surface area contributed by atoms with Gasteiger partial charge in [-0.1, -0.05) is 6.07 Å². The average molecular weight is 315 g/mol. The average Bonchev–Trinajstić information content (AvgIpc) is 2.47. The van der Waals surface area contributed by atoms with Crippen LogP contribution in [0.2, 0.25) is 0 Å². The highest BCUT2D eigenvalue weighted by Crippen LogP contribution is 2.23. The predicted molar refractivity (Wildman–Crippen MR) is 80.5 cm³/mol. The first kappa shape index (κ1) is 18.3. The van der Waals surface area contributed by atoms with Crippen LogP contribution < -0.4 is 5.32 Å². The number of halogens is 2. The van der Waals surface area contributed by atoms with Crippen LogP contribution in [0.4, 0.5) is 13.6 Å². The van der Waals surface area contributed by atoms with Gasteiger partial charge in [0.15, 0.2) is 0 Å². The van der Waals surface area contributed by atoms with Crippen molar-refractivity contribution in [2.24, 2.45) is 0 Å². The van der Waals surface area contributed by atoms with E-state index in [0.717, 1.165) is 0 Å². The van der Waals surface area contributed by atoms with E-state index in [1.54, 1.807) is 33.0 Å². The third-order valence-corrected chi connectivity index (χ3v) is 3.65. The molecule has 0 aliphatic rings. The zero-order valence-corrected chi connectivity index (χ0v) is 13.3. The predicted octanol–water partition coefficient (Wildman–Crippen LogP) is 1.59. The Balaban J connectivity index is 2.85. The van der Waals surface area contributed by atoms with E-state index >= 15 is 0 Å². The van der Waals surface area contributed by atoms with Crippen LogP contribution in [0.3, 0.4) is 0 Å². The Bertz CT molecular complexity index is 491. The molecule has 0 radical (unpaired) electrons. The SMILES string of the molecule is CC(CO)N(C)C(=O)NCC(c1c(F)cccc1F)N(C)C. The summed E-state index contributed by atoms with van der Waals surface area (Å²) in [5.41, 5.74) is -0.0781. The number of nitrogens with one attached hydrogen (secondary N) is 1. The van der Waals surface area contributed by atoms with Gasteiger partial charge in [-0.25, -0.2) is 13.6 Å². The highest BCUT2D eigenvalue weighted by atomic mass is 19.1. The second kappa shape index (κ2) is 8.05. The molecule has 1 rings (SSSR count). The number of likely N-dealkylation sites (N-methyl/N-ethyl adjacent to an activating group) is 2. The number of urea groups is 1. The number of hydrogen-bond donors (Lipinski definition) is 2. The Morgan fingerprint density at radius 2 is 1.82 bits per heavy atom. The molecule has 124 valence electrons. The van der Waals surface area contributed by atoms with Gasteiger partial charge in [0.2, 0.25) is 0 Å². The number of carbonyl (C=O) groups excluding carboxylic acids is 1. The van der Waals surface area contributed by atoms with E-state index in [-0.39, 0.29) is 24.8 Å². The third kappa shape index (κ3) is 4.38. The minimum atomic E-state index is -0.648. The number of aliphatic hydroxyl groups is 1. The zero-order valence-electron chi connectivity index (χ0n) is 13.3. The quantitative estimate of drug-likeness (QED) is 0.838. The van der Waals surface area contributed by atoms with Crippen LogP contribution in [0.25, 0.3) is 0 Å². The molecule has 0 aliphatic heterocycles. The van der Waals surface area contributed by atoms with Crippen molar-refractivity contribution < 1.29 is 18.7 Å². The third-order valence-electron chi connectivity index (χ3n) is 3.65. The molecule has 2 N–H and O–H groups in total. The smallest absolute Gasteiger partial charge is 0.317 e. The molecular weight excluding hydrogens is 292 g/mol. The number of rotatable bonds is 6. The topological polar surface area (TPSA) is 55.8 Å². The minimum Gasteiger partial charge on any atom is -0.394 e. The fourth-order valence-electron chi connectivity index (χ4n) is 2.00. The normalized spacial score (nSPS) is 13.8. The molecule has 0 spiro atoms. The number of aliphatic hydroxyl groups excluding tert-OH is 1. The lowest BCUT2D eigenvalue weighted by Gasteiger charge is -2.28. The Morgan fingerprint density at radius 1 is 1.27 bits per heavy atom. The lowest BCUT2D eigenvalue weighted by atomic mass is 10.0. The molecule has 5 nitrogen and oxygen atoms in total. The van der Waals surface area contributed by atoms with Crippen LogP contribution in [-0.2, 0) is 0 Å². The lowest BCUT2D eigenvalue weighted by molar-refractivity contribution is 0.154. The number of hydrogen-bond acceptors (Lipinski definition) is 3. The van der Waals surface area contributed by atoms with Crippen LogP contribution in [0.1, 0.15) is 18.5 Å². The summed E-state index contributed by atoms with van der Waals surface area (Å²) in [6.07, 6.45) is 0. The summed E-state index contributed by atoms with van der Waals surface area (Å²) in [7, 11) is 4.91. The van der Waals surface area contributed by atoms with Crippen molar-refractivity contribution in [2.75, 3.05) is 34.3 Å². The molecule has 2 amide bonds. The van der Waals surface area contributed by atoms with Crippen molar-refractivity contribution in [3.8, 4) is 0 Å². The molecular formula is C15H23F2N3O2. The van der Waals surface area contributed by atoms with Crippen molar-refractivity contribution in [1.82, 2.24) is 15.1 Å². The van der Waals surface area contributed by atoms with Gasteiger partial charge in [-0.2, -0.15) is 0 Å². The molecule has 7 heteroatoms. The Hall–Kier alpha value is -1.73. The van der Waals surface area contributed by atoms with Crippen LogP contribution in [-0.4, -0.2) is 61.3 Å². The van der Waals surface area contributed by atoms with E-state index < -0.39 is 23.7 Å². The Kier molecular flexibility index (Phi) is 6.70. The van der Waals surface area contributed by atoms with Gasteiger partial charge in [-0.05, 0) is 33.2 Å². The van der Waals surface area contributed by atoms with E-state index in [1.165, 1.54) is 23.1 Å². The molecule has 22 heavy (non-hydrogen) atoms. The first-order chi connectivity index (χ1) is 10.3. The van der Waals surface area contributed by atoms with Gasteiger partial charge in [-0.15, -0.1) is 0 Å². The summed E-state index contributed by atoms with van der Waals surface area (Å²) in [5, 5.41) is 11.7. The van der Waals surface area contributed by atoms with Gasteiger partial charge in [0, 0.05) is 19.2 Å². The Labute approximate surface area is 129 Å². The summed E-state index contributed by atoms with van der Waals surface area (Å²) in [6.45, 7) is 1.58. The standard InChI is InChI=1S/C15H23F2N3O2/c1-10(9-21)20(4)15(22)18-8-13(19(2)3)14-11(16)6-5-7-12(14)17/h5-7,10,13,21H,8-9H2,1-4H3,(H,18,22). The molecule has 0 saturated carbocycles. The number of benzene rings is 1. The van der Waals surface area contributed by atoms with Crippen LogP contribution in [0.5, 0.6) is 0 Å². The molecule has 0 fully saturated rings. The fourth-order valence-corrected chi connectivity index (χ4v) is 2.00. The summed E-state index contributed by atoms with van der Waals surface area (Å²) >= 11 is 0. The van der Waals surface area contributed by atoms with Gasteiger partial charge in [0.25, 0.3) is 0 Å². The first-order valence-electron chi connectivity index (χ1n) is 7.01. The highest BCUT2D eigenvalue weighted by Gasteiger charge is 2.24. The first-order valence-corrected chi connectivity index (χ1v) is 7.01. The van der Waals surface area contributed by atoms with Crippen molar-refractivity contribution >= 4 is 6.03 Å². The van der Waals surface area contributed by atoms with Gasteiger partial charge < -0.3 is 20.2 Å². The van der Waals surface area contributed by atoms with Gasteiger partial charge >= 0.3 is 6.03 Å². The number of amides is 2. The minimum absolute atomic E-state index is 0.0478. The molecule has 0 bridgehead atoms. The van der Waals surface area contributed by atoms with E-state index in [1.807, 2.05) is 0 Å². The van der Waals surface area contributed by atoms with Gasteiger partial charge in [0.05, 0.1) is 18.7 Å². The van der Waals surface area contributed by atoms with Crippen LogP contribution in [0, 0.1) is 11.6 Å². The van der Waals surface area contributed by atoms with E-state index in [0.29, 0.717) is 0 Å². The van der Waals surface area contributed by atoms with Crippen LogP contribution in [0.15, 0.2) is 18.2 Å². The molecule has 2 unspecified atom stereocenters. The molecule has 2 atom stereocenters. The highest BCUT2D eigenvalue weighted by molar-refractivity contribution is 5.74. The second-order valence-electron chi connectivity index (χ2n) is 5.44. The summed E-state index contributed by atoms with van der Waals surface area (Å²) < 4.78 is 27.8. The summed E-state index contributed by atoms with van der Waals surface area (Å²) in [5.74, 6) is -1.30. The van der Waals surface area contributed by atoms with Gasteiger partial charge in [-0.3, -0.25) is 0 Å². The second-order valence-corrected chi connectivity index (χ2v) is 5.44. The molecule has 0 aromatic heterocycles. The zero-order chi connectivity index (χ0) is 16.9. The number of carbonyl (C=O) groups is 1. The largest absolute Gasteiger partial charge is 0.394 e. The van der Waals surface area contributed by atoms with E-state index in [2.05, 4.69) is 5.32 Å². The lowest BCUT2D eigenvalue weighted by Crippen LogP contribution is -2.46. The molecule has 0 heterocycles. The summed E-state index contributed by atoms with van der Waals surface area (Å²) in [6, 6.07) is 2.29. The molecule has 0 aliphatic carbocycles. The maximum Gasteiger partial charge on any atom is 0.317 e. The van der Waals surface area contributed by atoms with Crippen LogP contribution >= 0.6 is 0 Å². The van der Waals surface area contributed by atoms with E-state index in [4.69, 9.17) is 5.11 Å². The Morgan fingerprint density at radius 3 is 2.27 bits per heavy atom. The van der Waals surface area contributed by atoms with Crippen molar-refractivity contribution in [1.29, 1.82) is 0 Å². The monoisotopic (exact) mass is 315 g/mol. The summed E-state index contributed by atoms with van der Waals surface area (Å²) in [4.78, 5) is 14.9. The van der Waals surface area contributed by atoms with Crippen molar-refractivity contribution in [2.45, 2.75) is 19.0 Å². The van der Waals surface area contributed by atoms with Gasteiger partial charge in [0.1, 0.15) is 11.6 Å². The fraction of sp³-hybridized carbons (Fsp3) is 0.533. The maximum absolute atomic E-state index is 13.9. The van der Waals surface area contributed by atoms with Crippen molar-refractivity contribution in [3.05, 3.63) is 35.4 Å².